The summed E-state index contributed by atoms with van der Waals surface area (Å²) < 4.78 is 17.9. The van der Waals surface area contributed by atoms with Crippen molar-refractivity contribution in [2.75, 3.05) is 0 Å². The molecule has 5 heterocycles. The van der Waals surface area contributed by atoms with E-state index in [2.05, 4.69) is 233 Å². The number of aliphatic imine (C=N–C) groups is 1. The van der Waals surface area contributed by atoms with Crippen molar-refractivity contribution in [1.29, 1.82) is 0 Å². The molecule has 1 atom stereocenters. The van der Waals surface area contributed by atoms with E-state index in [-0.39, 0.29) is 6.17 Å². The lowest BCUT2D eigenvalue weighted by molar-refractivity contribution is 0.664. The number of nitrogens with zero attached hydrogens (tertiary/aromatic N) is 3. The standard InChI is InChI=1S/C64H40N4O2/c1-4-14-39(15-5-1)54-36-55(40-16-6-2-7-17-40)66-64(65-54)41-24-28-45(29-25-41)68-57-30-26-42(32-48(57)50-35-52-47-21-11-13-23-60(47)69-62(52)38-59(50)68)43-27-31-61-51(33-43)53-34-49-46-20-10-12-22-56(46)67(44-18-8-3-9-19-44)58(49)37-63(53)70-61/h1-38,64-65H. The summed E-state index contributed by atoms with van der Waals surface area (Å²) in [5, 5.41) is 12.9. The van der Waals surface area contributed by atoms with Crippen molar-refractivity contribution in [1.82, 2.24) is 14.5 Å². The summed E-state index contributed by atoms with van der Waals surface area (Å²) in [6.45, 7) is 0. The maximum atomic E-state index is 6.65. The van der Waals surface area contributed by atoms with Crippen molar-refractivity contribution in [3.05, 3.63) is 247 Å². The normalized spacial score (nSPS) is 14.1. The van der Waals surface area contributed by atoms with Crippen LogP contribution < -0.4 is 5.32 Å². The van der Waals surface area contributed by atoms with Gasteiger partial charge in [-0.1, -0.05) is 140 Å². The van der Waals surface area contributed by atoms with Crippen molar-refractivity contribution in [2.24, 2.45) is 4.99 Å². The van der Waals surface area contributed by atoms with Crippen LogP contribution in [0, 0.1) is 0 Å². The van der Waals surface area contributed by atoms with Crippen LogP contribution in [0.15, 0.2) is 244 Å². The van der Waals surface area contributed by atoms with E-state index in [4.69, 9.17) is 13.8 Å². The van der Waals surface area contributed by atoms with E-state index in [1.165, 1.54) is 21.7 Å². The van der Waals surface area contributed by atoms with Gasteiger partial charge < -0.3 is 23.3 Å². The Morgan fingerprint density at radius 2 is 0.857 bits per heavy atom. The molecule has 70 heavy (non-hydrogen) atoms. The largest absolute Gasteiger partial charge is 0.456 e. The van der Waals surface area contributed by atoms with Crippen LogP contribution in [-0.2, 0) is 0 Å². The molecule has 1 aliphatic heterocycles. The minimum atomic E-state index is -0.272. The van der Waals surface area contributed by atoms with E-state index in [1.807, 2.05) is 12.1 Å². The van der Waals surface area contributed by atoms with Gasteiger partial charge in [-0.3, -0.25) is 4.99 Å². The molecule has 0 bridgehead atoms. The maximum Gasteiger partial charge on any atom is 0.145 e. The van der Waals surface area contributed by atoms with Crippen molar-refractivity contribution in [3.63, 3.8) is 0 Å². The highest BCUT2D eigenvalue weighted by Crippen LogP contribution is 2.43. The lowest BCUT2D eigenvalue weighted by Gasteiger charge is -2.25. The van der Waals surface area contributed by atoms with Gasteiger partial charge in [0, 0.05) is 72.3 Å². The number of aromatic nitrogens is 2. The number of nitrogens with one attached hydrogen (secondary N) is 1. The third kappa shape index (κ3) is 5.96. The molecule has 0 spiro atoms. The average Bonchev–Trinajstić information content (AvgIpc) is 4.17. The van der Waals surface area contributed by atoms with Gasteiger partial charge in [0.1, 0.15) is 28.5 Å². The topological polar surface area (TPSA) is 60.5 Å². The highest BCUT2D eigenvalue weighted by Gasteiger charge is 2.22. The van der Waals surface area contributed by atoms with Crippen LogP contribution in [0.5, 0.6) is 0 Å². The molecule has 0 radical (unpaired) electrons. The molecule has 6 heteroatoms. The summed E-state index contributed by atoms with van der Waals surface area (Å²) in [7, 11) is 0. The third-order valence-electron chi connectivity index (χ3n) is 14.3. The molecular formula is C64H40N4O2. The molecule has 0 fully saturated rings. The van der Waals surface area contributed by atoms with Gasteiger partial charge in [-0.2, -0.15) is 0 Å². The number of fused-ring (bicyclic) bond motifs is 12. The van der Waals surface area contributed by atoms with E-state index in [0.717, 1.165) is 116 Å². The smallest absolute Gasteiger partial charge is 0.145 e. The summed E-state index contributed by atoms with van der Waals surface area (Å²) in [6.07, 6.45) is 1.88. The fraction of sp³-hybridized carbons (Fsp3) is 0.0156. The van der Waals surface area contributed by atoms with Crippen molar-refractivity contribution < 1.29 is 8.83 Å². The van der Waals surface area contributed by atoms with E-state index >= 15 is 0 Å². The molecule has 10 aromatic carbocycles. The number of hydrogen-bond donors (Lipinski definition) is 1. The lowest BCUT2D eigenvalue weighted by atomic mass is 10.00. The number of hydrogen-bond acceptors (Lipinski definition) is 4. The summed E-state index contributed by atoms with van der Waals surface area (Å²) in [6, 6.07) is 79.9. The third-order valence-corrected chi connectivity index (χ3v) is 14.3. The van der Waals surface area contributed by atoms with Crippen LogP contribution in [0.25, 0.3) is 116 Å². The van der Waals surface area contributed by atoms with Crippen molar-refractivity contribution in [3.8, 4) is 22.5 Å². The second-order valence-corrected chi connectivity index (χ2v) is 18.3. The highest BCUT2D eigenvalue weighted by molar-refractivity contribution is 6.20. The zero-order valence-corrected chi connectivity index (χ0v) is 37.7. The van der Waals surface area contributed by atoms with Gasteiger partial charge in [0.2, 0.25) is 0 Å². The molecule has 1 aliphatic rings. The SMILES string of the molecule is C1=C(c2ccccc2)NC(c2ccc(-n3c4ccc(-c5ccc6oc7cc8c(cc7c6c5)c5ccccc5n8-c5ccccc5)cc4c4cc5c(cc43)oc3ccccc35)cc2)N=C1c1ccccc1. The monoisotopic (exact) mass is 896 g/mol. The van der Waals surface area contributed by atoms with Crippen molar-refractivity contribution in [2.45, 2.75) is 6.17 Å². The summed E-state index contributed by atoms with van der Waals surface area (Å²) in [4.78, 5) is 5.26. The van der Waals surface area contributed by atoms with Crippen LogP contribution in [0.3, 0.4) is 0 Å². The molecule has 0 amide bonds. The first kappa shape index (κ1) is 38.7. The fourth-order valence-corrected chi connectivity index (χ4v) is 11.0. The predicted octanol–water partition coefficient (Wildman–Crippen LogP) is 16.5. The Morgan fingerprint density at radius 3 is 1.59 bits per heavy atom. The first-order valence-electron chi connectivity index (χ1n) is 23.8. The fourth-order valence-electron chi connectivity index (χ4n) is 11.0. The Labute approximate surface area is 401 Å². The molecule has 1 unspecified atom stereocenters. The van der Waals surface area contributed by atoms with Crippen LogP contribution in [0.1, 0.15) is 22.9 Å². The predicted molar refractivity (Wildman–Crippen MR) is 288 cm³/mol. The van der Waals surface area contributed by atoms with E-state index in [1.54, 1.807) is 0 Å². The number of rotatable bonds is 6. The molecular weight excluding hydrogens is 857 g/mol. The van der Waals surface area contributed by atoms with E-state index in [0.29, 0.717) is 0 Å². The first-order valence-corrected chi connectivity index (χ1v) is 23.8. The average molecular weight is 897 g/mol. The quantitative estimate of drug-likeness (QED) is 0.181. The molecule has 15 rings (SSSR count). The Hall–Kier alpha value is -9.39. The van der Waals surface area contributed by atoms with Gasteiger partial charge in [-0.15, -0.1) is 0 Å². The highest BCUT2D eigenvalue weighted by atomic mass is 16.3. The van der Waals surface area contributed by atoms with Gasteiger partial charge in [0.15, 0.2) is 0 Å². The van der Waals surface area contributed by atoms with Gasteiger partial charge in [0.25, 0.3) is 0 Å². The van der Waals surface area contributed by atoms with Gasteiger partial charge in [0.05, 0.1) is 27.8 Å². The van der Waals surface area contributed by atoms with Crippen LogP contribution in [-0.4, -0.2) is 14.8 Å². The van der Waals surface area contributed by atoms with Crippen LogP contribution >= 0.6 is 0 Å². The number of para-hydroxylation sites is 3. The van der Waals surface area contributed by atoms with Crippen LogP contribution in [0.2, 0.25) is 0 Å². The Morgan fingerprint density at radius 1 is 0.343 bits per heavy atom. The Kier molecular flexibility index (Phi) is 8.32. The minimum Gasteiger partial charge on any atom is -0.456 e. The van der Waals surface area contributed by atoms with Gasteiger partial charge in [-0.05, 0) is 107 Å². The lowest BCUT2D eigenvalue weighted by Crippen LogP contribution is -2.24. The molecule has 6 nitrogen and oxygen atoms in total. The number of allylic oxidation sites excluding steroid dienone is 1. The van der Waals surface area contributed by atoms with Crippen LogP contribution in [0.4, 0.5) is 0 Å². The van der Waals surface area contributed by atoms with E-state index in [9.17, 15) is 0 Å². The van der Waals surface area contributed by atoms with E-state index < -0.39 is 0 Å². The minimum absolute atomic E-state index is 0.272. The number of benzene rings is 10. The van der Waals surface area contributed by atoms with Gasteiger partial charge in [-0.25, -0.2) is 0 Å². The molecule has 14 aromatic rings. The first-order chi connectivity index (χ1) is 34.7. The second kappa shape index (κ2) is 15.1. The summed E-state index contributed by atoms with van der Waals surface area (Å²) >= 11 is 0. The zero-order valence-electron chi connectivity index (χ0n) is 37.7. The maximum absolute atomic E-state index is 6.65. The van der Waals surface area contributed by atoms with Crippen molar-refractivity contribution >= 4 is 98.9 Å². The zero-order chi connectivity index (χ0) is 45.9. The molecule has 4 aromatic heterocycles. The Balaban J connectivity index is 0.869. The second-order valence-electron chi connectivity index (χ2n) is 18.3. The summed E-state index contributed by atoms with van der Waals surface area (Å²) in [5.41, 5.74) is 17.7. The molecule has 0 aliphatic carbocycles. The molecule has 328 valence electrons. The Bertz CT molecular complexity index is 4480. The molecule has 0 saturated heterocycles. The summed E-state index contributed by atoms with van der Waals surface area (Å²) in [5.74, 6) is 0. The molecule has 0 saturated carbocycles. The number of furan rings is 2. The molecule has 1 N–H and O–H groups in total. The van der Waals surface area contributed by atoms with Gasteiger partial charge >= 0.3 is 0 Å².